The minimum Gasteiger partial charge on any atom is -0.381 e. The monoisotopic (exact) mass is 507 g/mol. The van der Waals surface area contributed by atoms with Gasteiger partial charge >= 0.3 is 0 Å². The van der Waals surface area contributed by atoms with E-state index >= 15 is 0 Å². The molecule has 0 radical (unpaired) electrons. The van der Waals surface area contributed by atoms with Crippen LogP contribution in [0.3, 0.4) is 0 Å². The summed E-state index contributed by atoms with van der Waals surface area (Å²) in [4.78, 5) is 9.77. The van der Waals surface area contributed by atoms with E-state index in [0.717, 1.165) is 18.9 Å². The molecule has 3 fully saturated rings. The minimum absolute atomic E-state index is 0. The average molecular weight is 508 g/mol. The van der Waals surface area contributed by atoms with Crippen LogP contribution in [0.1, 0.15) is 52.4 Å². The SMILES string of the molecule is CN=C(NCC1(N2CCCCC2)CCN(C)CC1)NC1CC(OC)C1(C)C.I. The zero-order valence-electron chi connectivity index (χ0n) is 18.6. The second-order valence-electron chi connectivity index (χ2n) is 9.48. The predicted octanol–water partition coefficient (Wildman–Crippen LogP) is 2.53. The van der Waals surface area contributed by atoms with Gasteiger partial charge in [-0.2, -0.15) is 0 Å². The largest absolute Gasteiger partial charge is 0.381 e. The molecule has 7 heteroatoms. The highest BCUT2D eigenvalue weighted by molar-refractivity contribution is 14.0. The van der Waals surface area contributed by atoms with E-state index < -0.39 is 0 Å². The van der Waals surface area contributed by atoms with Crippen LogP contribution in [0.4, 0.5) is 0 Å². The predicted molar refractivity (Wildman–Crippen MR) is 128 cm³/mol. The Morgan fingerprint density at radius 1 is 1.11 bits per heavy atom. The van der Waals surface area contributed by atoms with E-state index in [9.17, 15) is 0 Å². The van der Waals surface area contributed by atoms with Crippen molar-refractivity contribution in [1.29, 1.82) is 0 Å². The van der Waals surface area contributed by atoms with Gasteiger partial charge in [-0.3, -0.25) is 9.89 Å². The number of hydrogen-bond donors (Lipinski definition) is 2. The minimum atomic E-state index is 0. The molecule has 1 aliphatic carbocycles. The van der Waals surface area contributed by atoms with Crippen LogP contribution in [0.5, 0.6) is 0 Å². The molecule has 0 spiro atoms. The van der Waals surface area contributed by atoms with E-state index in [2.05, 4.69) is 46.3 Å². The maximum Gasteiger partial charge on any atom is 0.191 e. The molecule has 164 valence electrons. The smallest absolute Gasteiger partial charge is 0.191 e. The lowest BCUT2D eigenvalue weighted by molar-refractivity contribution is -0.0923. The quantitative estimate of drug-likeness (QED) is 0.341. The summed E-state index contributed by atoms with van der Waals surface area (Å²) < 4.78 is 5.60. The van der Waals surface area contributed by atoms with Crippen molar-refractivity contribution in [3.8, 4) is 0 Å². The molecule has 0 aromatic heterocycles. The Kier molecular flexibility index (Phi) is 8.85. The van der Waals surface area contributed by atoms with Crippen LogP contribution in [-0.4, -0.2) is 87.4 Å². The molecule has 3 rings (SSSR count). The van der Waals surface area contributed by atoms with Gasteiger partial charge in [-0.1, -0.05) is 20.3 Å². The number of hydrogen-bond acceptors (Lipinski definition) is 4. The van der Waals surface area contributed by atoms with Crippen molar-refractivity contribution in [2.24, 2.45) is 10.4 Å². The van der Waals surface area contributed by atoms with E-state index in [1.54, 1.807) is 0 Å². The Labute approximate surface area is 189 Å². The van der Waals surface area contributed by atoms with E-state index in [-0.39, 0.29) is 34.9 Å². The van der Waals surface area contributed by atoms with Gasteiger partial charge in [0.05, 0.1) is 6.10 Å². The van der Waals surface area contributed by atoms with Crippen molar-refractivity contribution >= 4 is 29.9 Å². The summed E-state index contributed by atoms with van der Waals surface area (Å²) in [5, 5.41) is 7.36. The lowest BCUT2D eigenvalue weighted by Crippen LogP contribution is -2.65. The van der Waals surface area contributed by atoms with Crippen LogP contribution in [0.2, 0.25) is 0 Å². The summed E-state index contributed by atoms with van der Waals surface area (Å²) in [5.74, 6) is 0.943. The maximum atomic E-state index is 5.60. The molecule has 2 aliphatic heterocycles. The van der Waals surface area contributed by atoms with E-state index in [1.807, 2.05) is 14.2 Å². The Bertz CT molecular complexity index is 513. The lowest BCUT2D eigenvalue weighted by Gasteiger charge is -2.52. The molecule has 2 atom stereocenters. The van der Waals surface area contributed by atoms with Crippen molar-refractivity contribution in [2.45, 2.75) is 70.1 Å². The maximum absolute atomic E-state index is 5.60. The number of guanidine groups is 1. The van der Waals surface area contributed by atoms with Crippen molar-refractivity contribution in [3.05, 3.63) is 0 Å². The molecule has 0 aromatic rings. The third kappa shape index (κ3) is 5.13. The van der Waals surface area contributed by atoms with Gasteiger partial charge in [0.2, 0.25) is 0 Å². The van der Waals surface area contributed by atoms with E-state index in [1.165, 1.54) is 58.3 Å². The summed E-state index contributed by atoms with van der Waals surface area (Å²) in [6.45, 7) is 10.4. The second kappa shape index (κ2) is 10.3. The molecule has 0 amide bonds. The van der Waals surface area contributed by atoms with Gasteiger partial charge in [-0.15, -0.1) is 24.0 Å². The number of rotatable bonds is 5. The fourth-order valence-electron chi connectivity index (χ4n) is 5.15. The second-order valence-corrected chi connectivity index (χ2v) is 9.48. The van der Waals surface area contributed by atoms with Gasteiger partial charge in [0.15, 0.2) is 5.96 Å². The summed E-state index contributed by atoms with van der Waals surface area (Å²) in [7, 11) is 5.95. The highest BCUT2D eigenvalue weighted by Crippen LogP contribution is 2.42. The van der Waals surface area contributed by atoms with Crippen LogP contribution in [0.15, 0.2) is 4.99 Å². The molecule has 2 saturated heterocycles. The normalized spacial score (nSPS) is 30.8. The summed E-state index contributed by atoms with van der Waals surface area (Å²) >= 11 is 0. The third-order valence-corrected chi connectivity index (χ3v) is 7.53. The van der Waals surface area contributed by atoms with Crippen LogP contribution < -0.4 is 10.6 Å². The van der Waals surface area contributed by atoms with E-state index in [4.69, 9.17) is 4.74 Å². The molecule has 1 saturated carbocycles. The summed E-state index contributed by atoms with van der Waals surface area (Å²) in [5.41, 5.74) is 0.416. The van der Waals surface area contributed by atoms with Crippen LogP contribution in [0, 0.1) is 5.41 Å². The number of nitrogens with zero attached hydrogens (tertiary/aromatic N) is 3. The zero-order valence-corrected chi connectivity index (χ0v) is 20.9. The first-order chi connectivity index (χ1) is 12.9. The standard InChI is InChI=1S/C21H41N5O.HI/c1-20(2)17(15-18(20)27-5)24-19(22-3)23-16-21(9-13-25(4)14-10-21)26-11-7-6-8-12-26;/h17-18H,6-16H2,1-5H3,(H2,22,23,24);1H. The first-order valence-electron chi connectivity index (χ1n) is 10.8. The number of ether oxygens (including phenoxy) is 1. The van der Waals surface area contributed by atoms with Crippen molar-refractivity contribution < 1.29 is 4.74 Å². The fourth-order valence-corrected chi connectivity index (χ4v) is 5.15. The van der Waals surface area contributed by atoms with Crippen molar-refractivity contribution in [2.75, 3.05) is 53.9 Å². The molecule has 3 aliphatic rings. The first kappa shape index (κ1) is 24.2. The molecule has 0 bridgehead atoms. The van der Waals surface area contributed by atoms with Gasteiger partial charge in [0.25, 0.3) is 0 Å². The fraction of sp³-hybridized carbons (Fsp3) is 0.952. The number of methoxy groups -OCH3 is 1. The molecule has 0 aromatic carbocycles. The van der Waals surface area contributed by atoms with Crippen molar-refractivity contribution in [1.82, 2.24) is 20.4 Å². The van der Waals surface area contributed by atoms with Crippen LogP contribution >= 0.6 is 24.0 Å². The average Bonchev–Trinajstić information content (AvgIpc) is 2.69. The van der Waals surface area contributed by atoms with Crippen LogP contribution in [0.25, 0.3) is 0 Å². The molecule has 2 unspecified atom stereocenters. The van der Waals surface area contributed by atoms with Gasteiger partial charge in [-0.25, -0.2) is 0 Å². The number of piperidine rings is 2. The Morgan fingerprint density at radius 3 is 2.29 bits per heavy atom. The zero-order chi connectivity index (χ0) is 19.5. The third-order valence-electron chi connectivity index (χ3n) is 7.53. The highest BCUT2D eigenvalue weighted by Gasteiger charge is 2.49. The Morgan fingerprint density at radius 2 is 1.75 bits per heavy atom. The number of likely N-dealkylation sites (tertiary alicyclic amines) is 2. The van der Waals surface area contributed by atoms with E-state index in [0.29, 0.717) is 12.1 Å². The lowest BCUT2D eigenvalue weighted by atomic mass is 9.64. The van der Waals surface area contributed by atoms with Gasteiger partial charge < -0.3 is 20.3 Å². The topological polar surface area (TPSA) is 52.1 Å². The van der Waals surface area contributed by atoms with Gasteiger partial charge in [-0.05, 0) is 65.3 Å². The Balaban J connectivity index is 0.00000280. The number of halogens is 1. The molecule has 28 heavy (non-hydrogen) atoms. The molecule has 2 N–H and O–H groups in total. The van der Waals surface area contributed by atoms with Gasteiger partial charge in [0.1, 0.15) is 0 Å². The van der Waals surface area contributed by atoms with Crippen LogP contribution in [-0.2, 0) is 4.74 Å². The summed E-state index contributed by atoms with van der Waals surface area (Å²) in [6.07, 6.45) is 7.95. The Hall–Kier alpha value is -0.120. The molecule has 2 heterocycles. The van der Waals surface area contributed by atoms with Crippen molar-refractivity contribution in [3.63, 3.8) is 0 Å². The first-order valence-corrected chi connectivity index (χ1v) is 10.8. The molecular weight excluding hydrogens is 465 g/mol. The molecule has 6 nitrogen and oxygen atoms in total. The number of aliphatic imine (C=N–C) groups is 1. The highest BCUT2D eigenvalue weighted by atomic mass is 127. The summed E-state index contributed by atoms with van der Waals surface area (Å²) in [6, 6.07) is 0.414. The number of nitrogens with one attached hydrogen (secondary N) is 2. The molecular formula is C21H42IN5O. The van der Waals surface area contributed by atoms with Gasteiger partial charge in [0, 0.05) is 37.7 Å².